The summed E-state index contributed by atoms with van der Waals surface area (Å²) < 4.78 is 17.1. The number of para-hydroxylation sites is 2. The smallest absolute Gasteiger partial charge is 0.323 e. The van der Waals surface area contributed by atoms with Gasteiger partial charge in [0.25, 0.3) is 5.91 Å². The molecule has 190 valence electrons. The van der Waals surface area contributed by atoms with E-state index in [9.17, 15) is 9.59 Å². The molecule has 0 aromatic heterocycles. The third-order valence-electron chi connectivity index (χ3n) is 6.37. The molecule has 0 spiro atoms. The summed E-state index contributed by atoms with van der Waals surface area (Å²) >= 11 is 0. The number of hydrogen-bond donors (Lipinski definition) is 2. The van der Waals surface area contributed by atoms with E-state index in [0.29, 0.717) is 41.6 Å². The number of amides is 3. The van der Waals surface area contributed by atoms with Gasteiger partial charge in [-0.05, 0) is 50.2 Å². The molecule has 3 amide bonds. The van der Waals surface area contributed by atoms with E-state index in [1.165, 1.54) is 7.11 Å². The van der Waals surface area contributed by atoms with E-state index in [1.54, 1.807) is 55.5 Å². The Morgan fingerprint density at radius 2 is 1.80 bits per heavy atom. The number of benzene rings is 2. The van der Waals surface area contributed by atoms with Gasteiger partial charge in [0.15, 0.2) is 0 Å². The highest BCUT2D eigenvalue weighted by Crippen LogP contribution is 2.27. The predicted octanol–water partition coefficient (Wildman–Crippen LogP) is 3.78. The summed E-state index contributed by atoms with van der Waals surface area (Å²) in [4.78, 5) is 29.9. The average Bonchev–Trinajstić information content (AvgIpc) is 2.85. The fraction of sp³-hybridized carbons (Fsp3) is 0.462. The van der Waals surface area contributed by atoms with Crippen molar-refractivity contribution < 1.29 is 23.8 Å². The minimum atomic E-state index is -0.451. The Bertz CT molecular complexity index is 1030. The van der Waals surface area contributed by atoms with Gasteiger partial charge < -0.3 is 29.7 Å². The van der Waals surface area contributed by atoms with Crippen molar-refractivity contribution in [3.63, 3.8) is 0 Å². The van der Waals surface area contributed by atoms with Crippen LogP contribution in [0.15, 0.2) is 42.5 Å². The number of fused-ring (bicyclic) bond motifs is 1. The van der Waals surface area contributed by atoms with Crippen molar-refractivity contribution in [1.29, 1.82) is 0 Å². The number of likely N-dealkylation sites (N-methyl/N-ethyl adjacent to an activating group) is 2. The Morgan fingerprint density at radius 1 is 1.06 bits per heavy atom. The van der Waals surface area contributed by atoms with Crippen molar-refractivity contribution in [3.8, 4) is 11.5 Å². The number of ether oxygens (including phenoxy) is 3. The molecule has 2 aromatic carbocycles. The first-order valence-electron chi connectivity index (χ1n) is 11.7. The second-order valence-electron chi connectivity index (χ2n) is 9.03. The monoisotopic (exact) mass is 484 g/mol. The molecule has 35 heavy (non-hydrogen) atoms. The summed E-state index contributed by atoms with van der Waals surface area (Å²) in [6, 6.07) is 11.9. The fourth-order valence-electron chi connectivity index (χ4n) is 4.07. The lowest BCUT2D eigenvalue weighted by molar-refractivity contribution is 0.0150. The Labute approximate surface area is 207 Å². The van der Waals surface area contributed by atoms with Gasteiger partial charge in [-0.25, -0.2) is 4.79 Å². The van der Waals surface area contributed by atoms with E-state index in [1.807, 2.05) is 6.07 Å². The van der Waals surface area contributed by atoms with Crippen LogP contribution < -0.4 is 20.1 Å². The highest BCUT2D eigenvalue weighted by molar-refractivity contribution is 6.03. The number of methoxy groups -OCH3 is 2. The maximum absolute atomic E-state index is 13.4. The number of urea groups is 1. The predicted molar refractivity (Wildman–Crippen MR) is 137 cm³/mol. The molecule has 3 rings (SSSR count). The van der Waals surface area contributed by atoms with Gasteiger partial charge in [0.2, 0.25) is 0 Å². The average molecular weight is 485 g/mol. The van der Waals surface area contributed by atoms with E-state index in [-0.39, 0.29) is 24.0 Å². The van der Waals surface area contributed by atoms with Crippen molar-refractivity contribution >= 4 is 23.3 Å². The summed E-state index contributed by atoms with van der Waals surface area (Å²) in [7, 11) is 7.02. The molecule has 0 saturated carbocycles. The summed E-state index contributed by atoms with van der Waals surface area (Å²) in [6.07, 6.45) is -0.115. The van der Waals surface area contributed by atoms with Crippen LogP contribution in [0, 0.1) is 5.92 Å². The summed E-state index contributed by atoms with van der Waals surface area (Å²) in [5.74, 6) is 1.03. The molecule has 3 atom stereocenters. The minimum absolute atomic E-state index is 0.115. The molecule has 1 heterocycles. The van der Waals surface area contributed by atoms with Gasteiger partial charge >= 0.3 is 6.03 Å². The molecular weight excluding hydrogens is 448 g/mol. The maximum atomic E-state index is 13.4. The topological polar surface area (TPSA) is 92.4 Å². The second kappa shape index (κ2) is 11.9. The number of hydrogen-bond acceptors (Lipinski definition) is 6. The van der Waals surface area contributed by atoms with E-state index < -0.39 is 6.03 Å². The van der Waals surface area contributed by atoms with Crippen LogP contribution in [0.3, 0.4) is 0 Å². The largest absolute Gasteiger partial charge is 0.495 e. The minimum Gasteiger partial charge on any atom is -0.495 e. The molecule has 2 N–H and O–H groups in total. The zero-order chi connectivity index (χ0) is 25.5. The molecule has 9 nitrogen and oxygen atoms in total. The Kier molecular flexibility index (Phi) is 8.95. The number of anilines is 2. The lowest BCUT2D eigenvalue weighted by Crippen LogP contribution is -2.45. The molecule has 0 fully saturated rings. The SMILES string of the molecule is COc1ccccc1NC(=O)Nc1ccc2c(c1)C(=O)N(C)C[C@@H](OC)[C@H](C)CN(C)[C@@H](C)CO2. The zero-order valence-electron chi connectivity index (χ0n) is 21.3. The summed E-state index contributed by atoms with van der Waals surface area (Å²) in [5.41, 5.74) is 1.38. The van der Waals surface area contributed by atoms with Crippen molar-refractivity contribution in [2.45, 2.75) is 26.0 Å². The van der Waals surface area contributed by atoms with Crippen LogP contribution in [0.4, 0.5) is 16.2 Å². The first kappa shape index (κ1) is 26.3. The lowest BCUT2D eigenvalue weighted by atomic mass is 10.0. The Morgan fingerprint density at radius 3 is 2.51 bits per heavy atom. The van der Waals surface area contributed by atoms with Crippen LogP contribution in [-0.4, -0.2) is 81.9 Å². The van der Waals surface area contributed by atoms with Crippen LogP contribution in [0.5, 0.6) is 11.5 Å². The first-order valence-corrected chi connectivity index (χ1v) is 11.7. The maximum Gasteiger partial charge on any atom is 0.323 e. The first-order chi connectivity index (χ1) is 16.7. The fourth-order valence-corrected chi connectivity index (χ4v) is 4.07. The summed E-state index contributed by atoms with van der Waals surface area (Å²) in [6.45, 7) is 5.89. The molecule has 9 heteroatoms. The van der Waals surface area contributed by atoms with Gasteiger partial charge in [-0.1, -0.05) is 19.1 Å². The summed E-state index contributed by atoms with van der Waals surface area (Å²) in [5, 5.41) is 5.56. The third kappa shape index (κ3) is 6.64. The van der Waals surface area contributed by atoms with Crippen LogP contribution in [0.2, 0.25) is 0 Å². The van der Waals surface area contributed by atoms with Crippen LogP contribution in [0.1, 0.15) is 24.2 Å². The van der Waals surface area contributed by atoms with Crippen molar-refractivity contribution in [2.75, 3.05) is 58.6 Å². The van der Waals surface area contributed by atoms with Gasteiger partial charge in [0.1, 0.15) is 18.1 Å². The number of carbonyl (C=O) groups is 2. The van der Waals surface area contributed by atoms with Gasteiger partial charge in [-0.15, -0.1) is 0 Å². The zero-order valence-corrected chi connectivity index (χ0v) is 21.3. The quantitative estimate of drug-likeness (QED) is 0.686. The molecule has 1 aliphatic rings. The Balaban J connectivity index is 1.85. The van der Waals surface area contributed by atoms with E-state index in [0.717, 1.165) is 6.54 Å². The third-order valence-corrected chi connectivity index (χ3v) is 6.37. The van der Waals surface area contributed by atoms with Crippen LogP contribution >= 0.6 is 0 Å². The van der Waals surface area contributed by atoms with Crippen molar-refractivity contribution in [2.24, 2.45) is 5.92 Å². The molecule has 0 unspecified atom stereocenters. The molecular formula is C26H36N4O5. The van der Waals surface area contributed by atoms with Crippen molar-refractivity contribution in [1.82, 2.24) is 9.80 Å². The van der Waals surface area contributed by atoms with E-state index in [2.05, 4.69) is 36.4 Å². The normalized spacial score (nSPS) is 21.7. The molecule has 0 aliphatic carbocycles. The molecule has 0 radical (unpaired) electrons. The van der Waals surface area contributed by atoms with Gasteiger partial charge in [0.05, 0.1) is 24.5 Å². The lowest BCUT2D eigenvalue weighted by Gasteiger charge is -2.34. The second-order valence-corrected chi connectivity index (χ2v) is 9.03. The number of nitrogens with zero attached hydrogens (tertiary/aromatic N) is 2. The van der Waals surface area contributed by atoms with Crippen molar-refractivity contribution in [3.05, 3.63) is 48.0 Å². The van der Waals surface area contributed by atoms with E-state index in [4.69, 9.17) is 14.2 Å². The molecule has 0 saturated heterocycles. The highest BCUT2D eigenvalue weighted by Gasteiger charge is 2.27. The van der Waals surface area contributed by atoms with Gasteiger partial charge in [-0.3, -0.25) is 9.69 Å². The van der Waals surface area contributed by atoms with Crippen LogP contribution in [0.25, 0.3) is 0 Å². The number of nitrogens with one attached hydrogen (secondary N) is 2. The van der Waals surface area contributed by atoms with E-state index >= 15 is 0 Å². The molecule has 1 aliphatic heterocycles. The van der Waals surface area contributed by atoms with Gasteiger partial charge in [-0.2, -0.15) is 0 Å². The number of carbonyl (C=O) groups excluding carboxylic acids is 2. The standard InChI is InChI=1S/C26H36N4O5/c1-17-14-29(3)18(2)16-35-22-12-11-19(13-20(22)25(31)30(4)15-24(17)34-6)27-26(32)28-21-9-7-8-10-23(21)33-5/h7-13,17-18,24H,14-16H2,1-6H3,(H2,27,28,32)/t17-,18+,24-/m1/s1. The number of rotatable bonds is 4. The molecule has 2 aromatic rings. The highest BCUT2D eigenvalue weighted by atomic mass is 16.5. The Hall–Kier alpha value is -3.30. The van der Waals surface area contributed by atoms with Gasteiger partial charge in [0, 0.05) is 39.0 Å². The molecule has 0 bridgehead atoms. The van der Waals surface area contributed by atoms with Crippen LogP contribution in [-0.2, 0) is 4.74 Å².